The second-order valence-electron chi connectivity index (χ2n) is 5.48. The summed E-state index contributed by atoms with van der Waals surface area (Å²) in [6, 6.07) is 0. The molecule has 0 amide bonds. The van der Waals surface area contributed by atoms with Gasteiger partial charge >= 0.3 is 0 Å². The van der Waals surface area contributed by atoms with E-state index in [0.29, 0.717) is 0 Å². The van der Waals surface area contributed by atoms with Gasteiger partial charge in [-0.2, -0.15) is 0 Å². The fourth-order valence-corrected chi connectivity index (χ4v) is 3.39. The van der Waals surface area contributed by atoms with E-state index in [1.807, 2.05) is 0 Å². The molecular weight excluding hydrogens is 182 g/mol. The van der Waals surface area contributed by atoms with Gasteiger partial charge in [-0.1, -0.05) is 33.6 Å². The molecule has 0 heterocycles. The first kappa shape index (κ1) is 13.0. The van der Waals surface area contributed by atoms with Crippen molar-refractivity contribution >= 4 is 0 Å². The zero-order valence-electron chi connectivity index (χ0n) is 10.9. The Bertz CT molecular complexity index is 151. The fourth-order valence-electron chi connectivity index (χ4n) is 3.39. The Hall–Kier alpha value is -0.0400. The first-order valence-corrected chi connectivity index (χ1v) is 6.97. The minimum Gasteiger partial charge on any atom is -0.316 e. The van der Waals surface area contributed by atoms with Crippen LogP contribution in [-0.4, -0.2) is 13.1 Å². The molecule has 15 heavy (non-hydrogen) atoms. The Balaban J connectivity index is 2.18. The predicted octanol–water partition coefficient (Wildman–Crippen LogP) is 3.98. The largest absolute Gasteiger partial charge is 0.316 e. The Morgan fingerprint density at radius 3 is 2.07 bits per heavy atom. The first-order valence-electron chi connectivity index (χ1n) is 6.97. The molecule has 1 N–H and O–H groups in total. The van der Waals surface area contributed by atoms with E-state index in [9.17, 15) is 0 Å². The molecule has 1 saturated carbocycles. The molecule has 1 aliphatic carbocycles. The lowest BCUT2D eigenvalue weighted by Gasteiger charge is -2.48. The number of rotatable bonds is 8. The minimum absolute atomic E-state index is 0.752. The molecule has 0 atom stereocenters. The van der Waals surface area contributed by atoms with E-state index >= 15 is 0 Å². The molecule has 0 aromatic carbocycles. The molecule has 1 heteroatoms. The van der Waals surface area contributed by atoms with Gasteiger partial charge in [0.15, 0.2) is 0 Å². The summed E-state index contributed by atoms with van der Waals surface area (Å²) in [7, 11) is 0. The summed E-state index contributed by atoms with van der Waals surface area (Å²) in [5.41, 5.74) is 0.752. The van der Waals surface area contributed by atoms with Crippen LogP contribution < -0.4 is 5.32 Å². The van der Waals surface area contributed by atoms with Gasteiger partial charge in [0.25, 0.3) is 0 Å². The van der Waals surface area contributed by atoms with Gasteiger partial charge in [-0.3, -0.25) is 0 Å². The van der Waals surface area contributed by atoms with E-state index in [1.54, 1.807) is 0 Å². The molecule has 90 valence electrons. The SMILES string of the molecule is CCCNCC1CC(CCC)(CCC)C1. The van der Waals surface area contributed by atoms with E-state index < -0.39 is 0 Å². The van der Waals surface area contributed by atoms with Crippen LogP contribution in [0.25, 0.3) is 0 Å². The second kappa shape index (κ2) is 6.52. The lowest BCUT2D eigenvalue weighted by atomic mass is 9.58. The van der Waals surface area contributed by atoms with Crippen LogP contribution in [0.15, 0.2) is 0 Å². The van der Waals surface area contributed by atoms with Crippen LogP contribution in [0, 0.1) is 11.3 Å². The summed E-state index contributed by atoms with van der Waals surface area (Å²) < 4.78 is 0. The molecule has 0 radical (unpaired) electrons. The van der Waals surface area contributed by atoms with E-state index in [2.05, 4.69) is 26.1 Å². The van der Waals surface area contributed by atoms with Gasteiger partial charge < -0.3 is 5.32 Å². The van der Waals surface area contributed by atoms with Crippen molar-refractivity contribution in [2.75, 3.05) is 13.1 Å². The van der Waals surface area contributed by atoms with Crippen LogP contribution in [0.4, 0.5) is 0 Å². The van der Waals surface area contributed by atoms with Gasteiger partial charge in [0.05, 0.1) is 0 Å². The molecule has 1 rings (SSSR count). The average molecular weight is 211 g/mol. The van der Waals surface area contributed by atoms with Crippen molar-refractivity contribution in [2.24, 2.45) is 11.3 Å². The number of hydrogen-bond donors (Lipinski definition) is 1. The van der Waals surface area contributed by atoms with Crippen molar-refractivity contribution in [1.29, 1.82) is 0 Å². The van der Waals surface area contributed by atoms with Crippen LogP contribution in [0.5, 0.6) is 0 Å². The average Bonchev–Trinajstić information content (AvgIpc) is 2.16. The third-order valence-electron chi connectivity index (χ3n) is 3.86. The van der Waals surface area contributed by atoms with Crippen molar-refractivity contribution in [1.82, 2.24) is 5.32 Å². The maximum Gasteiger partial charge on any atom is -0.00201 e. The third-order valence-corrected chi connectivity index (χ3v) is 3.86. The summed E-state index contributed by atoms with van der Waals surface area (Å²) in [5.74, 6) is 0.981. The number of nitrogens with one attached hydrogen (secondary N) is 1. The van der Waals surface area contributed by atoms with Gasteiger partial charge in [0.1, 0.15) is 0 Å². The normalized spacial score (nSPS) is 20.2. The summed E-state index contributed by atoms with van der Waals surface area (Å²) in [6.07, 6.45) is 9.92. The monoisotopic (exact) mass is 211 g/mol. The summed E-state index contributed by atoms with van der Waals surface area (Å²) in [4.78, 5) is 0. The summed E-state index contributed by atoms with van der Waals surface area (Å²) >= 11 is 0. The molecule has 0 aromatic rings. The molecule has 0 aliphatic heterocycles. The van der Waals surface area contributed by atoms with Crippen LogP contribution in [0.3, 0.4) is 0 Å². The molecule has 0 unspecified atom stereocenters. The minimum atomic E-state index is 0.752. The van der Waals surface area contributed by atoms with E-state index in [-0.39, 0.29) is 0 Å². The predicted molar refractivity (Wildman–Crippen MR) is 68.1 cm³/mol. The van der Waals surface area contributed by atoms with E-state index in [0.717, 1.165) is 11.3 Å². The van der Waals surface area contributed by atoms with E-state index in [1.165, 1.54) is 58.0 Å². The van der Waals surface area contributed by atoms with Gasteiger partial charge in [0, 0.05) is 0 Å². The Kier molecular flexibility index (Phi) is 5.66. The van der Waals surface area contributed by atoms with Crippen molar-refractivity contribution in [3.05, 3.63) is 0 Å². The quantitative estimate of drug-likeness (QED) is 0.599. The van der Waals surface area contributed by atoms with Crippen molar-refractivity contribution in [3.63, 3.8) is 0 Å². The molecule has 0 bridgehead atoms. The van der Waals surface area contributed by atoms with Crippen molar-refractivity contribution < 1.29 is 0 Å². The van der Waals surface area contributed by atoms with Crippen LogP contribution in [0.1, 0.15) is 65.7 Å². The highest BCUT2D eigenvalue weighted by Gasteiger charge is 2.41. The first-order chi connectivity index (χ1) is 7.26. The molecule has 1 fully saturated rings. The van der Waals surface area contributed by atoms with Gasteiger partial charge in [-0.05, 0) is 56.5 Å². The molecule has 0 spiro atoms. The molecular formula is C14H29N. The molecule has 0 aromatic heterocycles. The maximum atomic E-state index is 3.56. The van der Waals surface area contributed by atoms with Crippen LogP contribution in [0.2, 0.25) is 0 Å². The van der Waals surface area contributed by atoms with Gasteiger partial charge in [0.2, 0.25) is 0 Å². The maximum absolute atomic E-state index is 3.56. The lowest BCUT2D eigenvalue weighted by Crippen LogP contribution is -2.42. The number of hydrogen-bond acceptors (Lipinski definition) is 1. The Morgan fingerprint density at radius 2 is 1.60 bits per heavy atom. The Labute approximate surface area is 96.0 Å². The second-order valence-corrected chi connectivity index (χ2v) is 5.48. The van der Waals surface area contributed by atoms with Crippen molar-refractivity contribution in [2.45, 2.75) is 65.7 Å². The topological polar surface area (TPSA) is 12.0 Å². The van der Waals surface area contributed by atoms with E-state index in [4.69, 9.17) is 0 Å². The fraction of sp³-hybridized carbons (Fsp3) is 1.00. The molecule has 1 aliphatic rings. The highest BCUT2D eigenvalue weighted by atomic mass is 14.9. The highest BCUT2D eigenvalue weighted by molar-refractivity contribution is 4.93. The van der Waals surface area contributed by atoms with Crippen LogP contribution in [-0.2, 0) is 0 Å². The lowest BCUT2D eigenvalue weighted by molar-refractivity contribution is 0.0340. The van der Waals surface area contributed by atoms with Crippen LogP contribution >= 0.6 is 0 Å². The smallest absolute Gasteiger partial charge is 0.00201 e. The van der Waals surface area contributed by atoms with Gasteiger partial charge in [-0.25, -0.2) is 0 Å². The standard InChI is InChI=1S/C14H29N/c1-4-7-14(8-5-2)10-13(11-14)12-15-9-6-3/h13,15H,4-12H2,1-3H3. The summed E-state index contributed by atoms with van der Waals surface area (Å²) in [5, 5.41) is 3.56. The molecule has 1 nitrogen and oxygen atoms in total. The Morgan fingerprint density at radius 1 is 1.00 bits per heavy atom. The highest BCUT2D eigenvalue weighted by Crippen LogP contribution is 2.51. The molecule has 0 saturated heterocycles. The third kappa shape index (κ3) is 3.79. The summed E-state index contributed by atoms with van der Waals surface area (Å²) in [6.45, 7) is 9.38. The van der Waals surface area contributed by atoms with Crippen molar-refractivity contribution in [3.8, 4) is 0 Å². The van der Waals surface area contributed by atoms with Gasteiger partial charge in [-0.15, -0.1) is 0 Å². The zero-order chi connectivity index (χ0) is 11.1. The zero-order valence-corrected chi connectivity index (χ0v) is 10.9.